The minimum atomic E-state index is -0.212. The first-order valence-corrected chi connectivity index (χ1v) is 13.1. The molecule has 5 aliphatic rings. The number of rotatable bonds is 5. The van der Waals surface area contributed by atoms with Crippen molar-refractivity contribution >= 4 is 39.6 Å². The number of anilines is 1. The number of hydrogen-bond donors (Lipinski definition) is 2. The molecule has 0 spiro atoms. The van der Waals surface area contributed by atoms with Gasteiger partial charge in [-0.2, -0.15) is 0 Å². The molecule has 0 radical (unpaired) electrons. The van der Waals surface area contributed by atoms with E-state index in [1.165, 1.54) is 55.4 Å². The highest BCUT2D eigenvalue weighted by molar-refractivity contribution is 7.80. The topological polar surface area (TPSA) is 50.4 Å². The maximum Gasteiger partial charge on any atom is 0.341 e. The summed E-state index contributed by atoms with van der Waals surface area (Å²) in [7, 11) is 0. The molecule has 4 saturated carbocycles. The Morgan fingerprint density at radius 3 is 2.43 bits per heavy atom. The Morgan fingerprint density at radius 1 is 1.17 bits per heavy atom. The quantitative estimate of drug-likeness (QED) is 0.449. The lowest BCUT2D eigenvalue weighted by atomic mass is 9.48. The molecule has 30 heavy (non-hydrogen) atoms. The van der Waals surface area contributed by atoms with Gasteiger partial charge in [0.25, 0.3) is 0 Å². The summed E-state index contributed by atoms with van der Waals surface area (Å²) in [4.78, 5) is 14.0. The predicted molar refractivity (Wildman–Crippen MR) is 126 cm³/mol. The van der Waals surface area contributed by atoms with Crippen LogP contribution in [0.2, 0.25) is 0 Å². The Labute approximate surface area is 189 Å². The smallest absolute Gasteiger partial charge is 0.341 e. The number of thiocarbonyl (C=S) groups is 1. The lowest BCUT2D eigenvalue weighted by Gasteiger charge is -2.59. The van der Waals surface area contributed by atoms with Crippen molar-refractivity contribution in [2.75, 3.05) is 11.9 Å². The molecule has 5 aliphatic carbocycles. The van der Waals surface area contributed by atoms with Crippen LogP contribution in [0, 0.1) is 23.2 Å². The Hall–Kier alpha value is -1.14. The number of aryl methyl sites for hydroxylation is 1. The van der Waals surface area contributed by atoms with E-state index in [-0.39, 0.29) is 5.97 Å². The molecular weight excluding hydrogens is 412 g/mol. The Bertz CT molecular complexity index is 811. The standard InChI is InChI=1S/C24H34N2O2S2/c1-3-28-22(27)20-18-6-4-5-7-19(18)30-21(20)26-23(29)25-14(2)24-11-15-8-16(12-24)10-17(9-15)13-24/h14-17H,3-13H2,1-2H3,(H2,25,26,29). The molecule has 6 rings (SSSR count). The highest BCUT2D eigenvalue weighted by atomic mass is 32.1. The SMILES string of the molecule is CCOC(=O)c1c(NC(=S)NC(C)C23CC4CC(CC(C4)C2)C3)sc2c1CCCC2. The summed E-state index contributed by atoms with van der Waals surface area (Å²) in [5.41, 5.74) is 2.31. The monoisotopic (exact) mass is 446 g/mol. The number of ether oxygens (including phenoxy) is 1. The van der Waals surface area contributed by atoms with Crippen molar-refractivity contribution in [3.8, 4) is 0 Å². The third-order valence-electron chi connectivity index (χ3n) is 8.23. The average molecular weight is 447 g/mol. The van der Waals surface area contributed by atoms with E-state index >= 15 is 0 Å². The fourth-order valence-corrected chi connectivity index (χ4v) is 8.90. The average Bonchev–Trinajstić information content (AvgIpc) is 3.04. The van der Waals surface area contributed by atoms with Gasteiger partial charge in [0, 0.05) is 10.9 Å². The Morgan fingerprint density at radius 2 is 1.80 bits per heavy atom. The first kappa shape index (κ1) is 20.7. The van der Waals surface area contributed by atoms with Crippen LogP contribution in [0.25, 0.3) is 0 Å². The van der Waals surface area contributed by atoms with Gasteiger partial charge >= 0.3 is 5.97 Å². The third-order valence-corrected chi connectivity index (χ3v) is 9.66. The number of carbonyl (C=O) groups is 1. The van der Waals surface area contributed by atoms with Gasteiger partial charge < -0.3 is 15.4 Å². The molecule has 0 aliphatic heterocycles. The van der Waals surface area contributed by atoms with Gasteiger partial charge in [0.1, 0.15) is 5.00 Å². The third kappa shape index (κ3) is 3.68. The molecule has 4 bridgehead atoms. The molecule has 1 atom stereocenters. The molecule has 0 saturated heterocycles. The van der Waals surface area contributed by atoms with E-state index in [0.29, 0.717) is 23.2 Å². The second-order valence-corrected chi connectivity index (χ2v) is 11.7. The molecule has 2 N–H and O–H groups in total. The van der Waals surface area contributed by atoms with E-state index in [2.05, 4.69) is 17.6 Å². The number of carbonyl (C=O) groups excluding carboxylic acids is 1. The molecule has 1 heterocycles. The normalized spacial score (nSPS) is 32.4. The van der Waals surface area contributed by atoms with Gasteiger partial charge in [-0.1, -0.05) is 0 Å². The van der Waals surface area contributed by atoms with E-state index in [0.717, 1.165) is 47.6 Å². The second kappa shape index (κ2) is 8.09. The predicted octanol–water partition coefficient (Wildman–Crippen LogP) is 5.69. The highest BCUT2D eigenvalue weighted by Gasteiger charge is 2.53. The Balaban J connectivity index is 1.31. The highest BCUT2D eigenvalue weighted by Crippen LogP contribution is 2.61. The van der Waals surface area contributed by atoms with Crippen LogP contribution < -0.4 is 10.6 Å². The summed E-state index contributed by atoms with van der Waals surface area (Å²) in [6, 6.07) is 0.367. The van der Waals surface area contributed by atoms with Gasteiger partial charge in [0.2, 0.25) is 0 Å². The van der Waals surface area contributed by atoms with E-state index in [9.17, 15) is 4.79 Å². The van der Waals surface area contributed by atoms with Gasteiger partial charge in [-0.15, -0.1) is 11.3 Å². The van der Waals surface area contributed by atoms with Crippen LogP contribution in [0.1, 0.15) is 86.0 Å². The van der Waals surface area contributed by atoms with Crippen molar-refractivity contribution in [1.29, 1.82) is 0 Å². The van der Waals surface area contributed by atoms with Gasteiger partial charge in [-0.05, 0) is 119 Å². The van der Waals surface area contributed by atoms with Gasteiger partial charge in [0.15, 0.2) is 5.11 Å². The van der Waals surface area contributed by atoms with Crippen LogP contribution in [-0.4, -0.2) is 23.7 Å². The largest absolute Gasteiger partial charge is 0.462 e. The molecule has 1 unspecified atom stereocenters. The fourth-order valence-electron chi connectivity index (χ4n) is 7.27. The van der Waals surface area contributed by atoms with Crippen LogP contribution in [0.15, 0.2) is 0 Å². The zero-order valence-electron chi connectivity index (χ0n) is 18.2. The molecule has 1 aromatic heterocycles. The van der Waals surface area contributed by atoms with Crippen molar-refractivity contribution < 1.29 is 9.53 Å². The number of nitrogens with one attached hydrogen (secondary N) is 2. The van der Waals surface area contributed by atoms with E-state index in [1.807, 2.05) is 6.92 Å². The summed E-state index contributed by atoms with van der Waals surface area (Å²) < 4.78 is 5.38. The minimum absolute atomic E-state index is 0.212. The second-order valence-electron chi connectivity index (χ2n) is 10.2. The lowest BCUT2D eigenvalue weighted by molar-refractivity contribution is -0.0671. The first-order valence-electron chi connectivity index (χ1n) is 11.9. The summed E-state index contributed by atoms with van der Waals surface area (Å²) in [5.74, 6) is 2.58. The number of hydrogen-bond acceptors (Lipinski definition) is 4. The van der Waals surface area contributed by atoms with E-state index in [4.69, 9.17) is 17.0 Å². The number of thiophene rings is 1. The van der Waals surface area contributed by atoms with Crippen LogP contribution in [0.5, 0.6) is 0 Å². The van der Waals surface area contributed by atoms with Crippen molar-refractivity contribution in [1.82, 2.24) is 5.32 Å². The van der Waals surface area contributed by atoms with Gasteiger partial charge in [-0.25, -0.2) is 4.79 Å². The summed E-state index contributed by atoms with van der Waals surface area (Å²) in [6.45, 7) is 4.59. The van der Waals surface area contributed by atoms with Gasteiger partial charge in [-0.3, -0.25) is 0 Å². The molecule has 0 aromatic carbocycles. The van der Waals surface area contributed by atoms with Crippen molar-refractivity contribution in [2.24, 2.45) is 23.2 Å². The maximum absolute atomic E-state index is 12.7. The molecule has 0 amide bonds. The van der Waals surface area contributed by atoms with E-state index in [1.54, 1.807) is 11.3 Å². The summed E-state index contributed by atoms with van der Waals surface area (Å²) >= 11 is 7.44. The van der Waals surface area contributed by atoms with E-state index < -0.39 is 0 Å². The Kier molecular flexibility index (Phi) is 5.59. The molecule has 1 aromatic rings. The van der Waals surface area contributed by atoms with Crippen molar-refractivity contribution in [3.05, 3.63) is 16.0 Å². The van der Waals surface area contributed by atoms with Crippen molar-refractivity contribution in [3.63, 3.8) is 0 Å². The molecule has 4 nitrogen and oxygen atoms in total. The molecular formula is C24H34N2O2S2. The van der Waals surface area contributed by atoms with Crippen molar-refractivity contribution in [2.45, 2.75) is 84.1 Å². The van der Waals surface area contributed by atoms with Crippen LogP contribution in [-0.2, 0) is 17.6 Å². The van der Waals surface area contributed by atoms with Crippen LogP contribution >= 0.6 is 23.6 Å². The zero-order valence-corrected chi connectivity index (χ0v) is 19.9. The number of fused-ring (bicyclic) bond motifs is 1. The first-order chi connectivity index (χ1) is 14.5. The van der Waals surface area contributed by atoms with Crippen LogP contribution in [0.4, 0.5) is 5.00 Å². The fraction of sp³-hybridized carbons (Fsp3) is 0.750. The molecule has 164 valence electrons. The van der Waals surface area contributed by atoms with Gasteiger partial charge in [0.05, 0.1) is 12.2 Å². The minimum Gasteiger partial charge on any atom is -0.462 e. The van der Waals surface area contributed by atoms with Crippen LogP contribution in [0.3, 0.4) is 0 Å². The summed E-state index contributed by atoms with van der Waals surface area (Å²) in [5, 5.41) is 8.57. The molecule has 4 fully saturated rings. The number of esters is 1. The molecule has 6 heteroatoms. The maximum atomic E-state index is 12.7. The zero-order chi connectivity index (χ0) is 20.9. The summed E-state index contributed by atoms with van der Waals surface area (Å²) in [6.07, 6.45) is 12.8. The lowest BCUT2D eigenvalue weighted by Crippen LogP contribution is -2.56.